The van der Waals surface area contributed by atoms with Gasteiger partial charge in [0.15, 0.2) is 0 Å². The van der Waals surface area contributed by atoms with Gasteiger partial charge in [0, 0.05) is 13.0 Å². The minimum Gasteiger partial charge on any atom is -0.480 e. The molecule has 1 aliphatic rings. The van der Waals surface area contributed by atoms with Crippen LogP contribution in [0.25, 0.3) is 0 Å². The van der Waals surface area contributed by atoms with Crippen molar-refractivity contribution in [2.75, 3.05) is 12.3 Å². The average Bonchev–Trinajstić information content (AvgIpc) is 2.63. The molecule has 1 fully saturated rings. The molecule has 18 heavy (non-hydrogen) atoms. The molecule has 0 aromatic rings. The minimum atomic E-state index is -4.40. The maximum atomic E-state index is 11.9. The third kappa shape index (κ3) is 4.13. The third-order valence-electron chi connectivity index (χ3n) is 2.71. The molecule has 1 atom stereocenters. The van der Waals surface area contributed by atoms with Crippen molar-refractivity contribution in [3.8, 4) is 0 Å². The molecule has 106 valence electrons. The summed E-state index contributed by atoms with van der Waals surface area (Å²) < 4.78 is 60.0. The van der Waals surface area contributed by atoms with Crippen molar-refractivity contribution in [2.45, 2.75) is 37.9 Å². The van der Waals surface area contributed by atoms with Gasteiger partial charge in [-0.3, -0.25) is 4.79 Å². The first kappa shape index (κ1) is 15.2. The van der Waals surface area contributed by atoms with Crippen LogP contribution in [0.15, 0.2) is 0 Å². The van der Waals surface area contributed by atoms with Crippen molar-refractivity contribution < 1.29 is 31.5 Å². The maximum absolute atomic E-state index is 11.9. The number of sulfonamides is 1. The zero-order valence-electron chi connectivity index (χ0n) is 9.48. The first-order valence-electron chi connectivity index (χ1n) is 5.42. The molecule has 1 aliphatic heterocycles. The summed E-state index contributed by atoms with van der Waals surface area (Å²) >= 11 is 0. The van der Waals surface area contributed by atoms with Crippen LogP contribution in [0.3, 0.4) is 0 Å². The SMILES string of the molecule is O=C(O)[C@H]1CCCN1S(=O)(=O)CCCC(F)(F)F. The fraction of sp³-hybridized carbons (Fsp3) is 0.889. The number of hydrogen-bond donors (Lipinski definition) is 1. The fourth-order valence-electron chi connectivity index (χ4n) is 1.89. The Balaban J connectivity index is 2.61. The number of halogens is 3. The lowest BCUT2D eigenvalue weighted by Gasteiger charge is -2.20. The summed E-state index contributed by atoms with van der Waals surface area (Å²) in [6.07, 6.45) is -5.51. The third-order valence-corrected chi connectivity index (χ3v) is 4.66. The molecule has 5 nitrogen and oxygen atoms in total. The molecule has 9 heteroatoms. The van der Waals surface area contributed by atoms with Gasteiger partial charge in [0.1, 0.15) is 6.04 Å². The van der Waals surface area contributed by atoms with E-state index in [2.05, 4.69) is 0 Å². The van der Waals surface area contributed by atoms with E-state index in [1.165, 1.54) is 0 Å². The van der Waals surface area contributed by atoms with E-state index in [9.17, 15) is 26.4 Å². The number of rotatable bonds is 5. The first-order chi connectivity index (χ1) is 8.13. The highest BCUT2D eigenvalue weighted by Gasteiger charge is 2.38. The van der Waals surface area contributed by atoms with Crippen LogP contribution in [0.1, 0.15) is 25.7 Å². The molecule has 1 rings (SSSR count). The molecule has 1 saturated heterocycles. The van der Waals surface area contributed by atoms with E-state index in [0.29, 0.717) is 6.42 Å². The predicted molar refractivity (Wildman–Crippen MR) is 56.4 cm³/mol. The molecule has 0 radical (unpaired) electrons. The van der Waals surface area contributed by atoms with Crippen LogP contribution in [0.4, 0.5) is 13.2 Å². The monoisotopic (exact) mass is 289 g/mol. The number of carboxylic acids is 1. The zero-order valence-corrected chi connectivity index (χ0v) is 10.3. The van der Waals surface area contributed by atoms with Gasteiger partial charge in [-0.1, -0.05) is 0 Å². The molecule has 1 N–H and O–H groups in total. The van der Waals surface area contributed by atoms with Gasteiger partial charge < -0.3 is 5.11 Å². The summed E-state index contributed by atoms with van der Waals surface area (Å²) in [4.78, 5) is 10.8. The smallest absolute Gasteiger partial charge is 0.389 e. The van der Waals surface area contributed by atoms with E-state index in [1.807, 2.05) is 0 Å². The zero-order chi connectivity index (χ0) is 14.0. The number of aliphatic carboxylic acids is 1. The maximum Gasteiger partial charge on any atom is 0.389 e. The Morgan fingerprint density at radius 2 is 2.00 bits per heavy atom. The summed E-state index contributed by atoms with van der Waals surface area (Å²) in [6, 6.07) is -1.14. The number of nitrogens with zero attached hydrogens (tertiary/aromatic N) is 1. The van der Waals surface area contributed by atoms with Gasteiger partial charge in [-0.2, -0.15) is 17.5 Å². The largest absolute Gasteiger partial charge is 0.480 e. The second kappa shape index (κ2) is 5.43. The van der Waals surface area contributed by atoms with Crippen LogP contribution >= 0.6 is 0 Å². The molecule has 0 saturated carbocycles. The Kier molecular flexibility index (Phi) is 4.60. The molecule has 0 unspecified atom stereocenters. The number of alkyl halides is 3. The summed E-state index contributed by atoms with van der Waals surface area (Å²) in [5.41, 5.74) is 0. The molecular weight excluding hydrogens is 275 g/mol. The highest BCUT2D eigenvalue weighted by atomic mass is 32.2. The normalized spacial score (nSPS) is 22.3. The summed E-state index contributed by atoms with van der Waals surface area (Å²) in [5.74, 6) is -1.93. The van der Waals surface area contributed by atoms with E-state index in [4.69, 9.17) is 5.11 Å². The van der Waals surface area contributed by atoms with E-state index >= 15 is 0 Å². The average molecular weight is 289 g/mol. The van der Waals surface area contributed by atoms with Gasteiger partial charge in [0.05, 0.1) is 5.75 Å². The molecule has 0 bridgehead atoms. The summed E-state index contributed by atoms with van der Waals surface area (Å²) in [6.45, 7) is 0.0608. The standard InChI is InChI=1S/C9H14F3NO4S/c10-9(11,12)4-2-6-18(16,17)13-5-1-3-7(13)8(14)15/h7H,1-6H2,(H,14,15)/t7-/m1/s1. The first-order valence-corrected chi connectivity index (χ1v) is 7.03. The topological polar surface area (TPSA) is 74.7 Å². The van der Waals surface area contributed by atoms with E-state index in [0.717, 1.165) is 4.31 Å². The fourth-order valence-corrected chi connectivity index (χ4v) is 3.63. The van der Waals surface area contributed by atoms with Crippen LogP contribution in [-0.4, -0.2) is 48.3 Å². The molecule has 0 aromatic carbocycles. The Labute approximate surface area is 103 Å². The minimum absolute atomic E-state index is 0.0608. The Hall–Kier alpha value is -0.830. The van der Waals surface area contributed by atoms with Gasteiger partial charge in [-0.15, -0.1) is 0 Å². The van der Waals surface area contributed by atoms with Crippen molar-refractivity contribution >= 4 is 16.0 Å². The number of carbonyl (C=O) groups is 1. The Bertz CT molecular complexity index is 407. The lowest BCUT2D eigenvalue weighted by atomic mass is 10.2. The second-order valence-corrected chi connectivity index (χ2v) is 6.18. The van der Waals surface area contributed by atoms with E-state index < -0.39 is 46.8 Å². The lowest BCUT2D eigenvalue weighted by molar-refractivity contribution is -0.140. The van der Waals surface area contributed by atoms with Gasteiger partial charge >= 0.3 is 12.1 Å². The van der Waals surface area contributed by atoms with Crippen LogP contribution in [0.5, 0.6) is 0 Å². The Morgan fingerprint density at radius 1 is 1.39 bits per heavy atom. The van der Waals surface area contributed by atoms with Crippen molar-refractivity contribution in [3.63, 3.8) is 0 Å². The summed E-state index contributed by atoms with van der Waals surface area (Å²) in [7, 11) is -3.92. The predicted octanol–water partition coefficient (Wildman–Crippen LogP) is 1.21. The van der Waals surface area contributed by atoms with Gasteiger partial charge in [0.25, 0.3) is 0 Å². The van der Waals surface area contributed by atoms with Crippen LogP contribution in [-0.2, 0) is 14.8 Å². The van der Waals surface area contributed by atoms with E-state index in [-0.39, 0.29) is 13.0 Å². The van der Waals surface area contributed by atoms with Gasteiger partial charge in [-0.05, 0) is 19.3 Å². The highest BCUT2D eigenvalue weighted by Crippen LogP contribution is 2.25. The molecule has 0 aromatic heterocycles. The van der Waals surface area contributed by atoms with Gasteiger partial charge in [0.2, 0.25) is 10.0 Å². The Morgan fingerprint density at radius 3 is 2.50 bits per heavy atom. The molecular formula is C9H14F3NO4S. The number of carboxylic acid groups (broad SMARTS) is 1. The highest BCUT2D eigenvalue weighted by molar-refractivity contribution is 7.89. The van der Waals surface area contributed by atoms with Crippen molar-refractivity contribution in [1.29, 1.82) is 0 Å². The summed E-state index contributed by atoms with van der Waals surface area (Å²) in [5, 5.41) is 8.82. The lowest BCUT2D eigenvalue weighted by Crippen LogP contribution is -2.41. The molecule has 0 aliphatic carbocycles. The van der Waals surface area contributed by atoms with Crippen LogP contribution < -0.4 is 0 Å². The molecule has 0 amide bonds. The second-order valence-electron chi connectivity index (χ2n) is 4.14. The van der Waals surface area contributed by atoms with Crippen LogP contribution in [0, 0.1) is 0 Å². The van der Waals surface area contributed by atoms with Crippen LogP contribution in [0.2, 0.25) is 0 Å². The number of hydrogen-bond acceptors (Lipinski definition) is 3. The van der Waals surface area contributed by atoms with Crippen molar-refractivity contribution in [2.24, 2.45) is 0 Å². The van der Waals surface area contributed by atoms with Crippen molar-refractivity contribution in [3.05, 3.63) is 0 Å². The van der Waals surface area contributed by atoms with Gasteiger partial charge in [-0.25, -0.2) is 8.42 Å². The quantitative estimate of drug-likeness (QED) is 0.825. The molecule has 1 heterocycles. The van der Waals surface area contributed by atoms with E-state index in [1.54, 1.807) is 0 Å². The van der Waals surface area contributed by atoms with Crippen molar-refractivity contribution in [1.82, 2.24) is 4.31 Å². The molecule has 0 spiro atoms.